The van der Waals surface area contributed by atoms with Crippen LogP contribution < -0.4 is 4.72 Å². The molecule has 0 amide bonds. The van der Waals surface area contributed by atoms with Crippen molar-refractivity contribution in [1.29, 1.82) is 0 Å². The smallest absolute Gasteiger partial charge is 0.240 e. The zero-order valence-electron chi connectivity index (χ0n) is 11.5. The Morgan fingerprint density at radius 3 is 2.57 bits per heavy atom. The van der Waals surface area contributed by atoms with Gasteiger partial charge in [-0.05, 0) is 36.2 Å². The summed E-state index contributed by atoms with van der Waals surface area (Å²) in [5, 5.41) is 10.5. The standard InChI is InChI=1S/C15H16ClNO3S/c1-11-5-2-3-8-14(11)15(18)10-17-21(19,20)13-7-4-6-12(16)9-13/h2-9,15,17-18H,10H2,1H3. The lowest BCUT2D eigenvalue weighted by Gasteiger charge is -2.14. The van der Waals surface area contributed by atoms with Gasteiger partial charge in [-0.3, -0.25) is 0 Å². The van der Waals surface area contributed by atoms with Gasteiger partial charge < -0.3 is 5.11 Å². The monoisotopic (exact) mass is 325 g/mol. The summed E-state index contributed by atoms with van der Waals surface area (Å²) < 4.78 is 26.6. The number of nitrogens with one attached hydrogen (secondary N) is 1. The molecule has 0 radical (unpaired) electrons. The van der Waals surface area contributed by atoms with Gasteiger partial charge in [-0.1, -0.05) is 41.9 Å². The predicted molar refractivity (Wildman–Crippen MR) is 82.8 cm³/mol. The molecule has 112 valence electrons. The third-order valence-electron chi connectivity index (χ3n) is 3.12. The van der Waals surface area contributed by atoms with Crippen molar-refractivity contribution < 1.29 is 13.5 Å². The molecule has 4 nitrogen and oxygen atoms in total. The molecule has 21 heavy (non-hydrogen) atoms. The number of aryl methyl sites for hydroxylation is 1. The number of rotatable bonds is 5. The van der Waals surface area contributed by atoms with Crippen LogP contribution in [0.25, 0.3) is 0 Å². The first-order chi connectivity index (χ1) is 9.90. The van der Waals surface area contributed by atoms with Gasteiger partial charge in [0.05, 0.1) is 11.0 Å². The zero-order valence-corrected chi connectivity index (χ0v) is 13.0. The summed E-state index contributed by atoms with van der Waals surface area (Å²) in [6, 6.07) is 13.3. The van der Waals surface area contributed by atoms with Crippen LogP contribution in [0.4, 0.5) is 0 Å². The molecular formula is C15H16ClNO3S. The summed E-state index contributed by atoms with van der Waals surface area (Å²) in [5.74, 6) is 0. The lowest BCUT2D eigenvalue weighted by atomic mass is 10.0. The predicted octanol–water partition coefficient (Wildman–Crippen LogP) is 2.66. The SMILES string of the molecule is Cc1ccccc1C(O)CNS(=O)(=O)c1cccc(Cl)c1. The number of benzene rings is 2. The van der Waals surface area contributed by atoms with E-state index in [0.717, 1.165) is 5.56 Å². The van der Waals surface area contributed by atoms with E-state index in [-0.39, 0.29) is 11.4 Å². The minimum Gasteiger partial charge on any atom is -0.387 e. The average molecular weight is 326 g/mol. The number of aliphatic hydroxyl groups excluding tert-OH is 1. The lowest BCUT2D eigenvalue weighted by molar-refractivity contribution is 0.181. The van der Waals surface area contributed by atoms with E-state index >= 15 is 0 Å². The Kier molecular flexibility index (Phi) is 5.00. The first-order valence-corrected chi connectivity index (χ1v) is 8.25. The Hall–Kier alpha value is -1.40. The number of hydrogen-bond acceptors (Lipinski definition) is 3. The molecule has 0 bridgehead atoms. The van der Waals surface area contributed by atoms with E-state index in [1.54, 1.807) is 24.3 Å². The third kappa shape index (κ3) is 4.04. The zero-order chi connectivity index (χ0) is 15.5. The van der Waals surface area contributed by atoms with Gasteiger partial charge >= 0.3 is 0 Å². The molecule has 0 aliphatic carbocycles. The molecule has 1 unspecified atom stereocenters. The van der Waals surface area contributed by atoms with Gasteiger partial charge in [0.1, 0.15) is 0 Å². The van der Waals surface area contributed by atoms with Crippen LogP contribution in [0.2, 0.25) is 5.02 Å². The topological polar surface area (TPSA) is 66.4 Å². The maximum atomic E-state index is 12.1. The number of aliphatic hydroxyl groups is 1. The minimum absolute atomic E-state index is 0.0759. The van der Waals surface area contributed by atoms with Gasteiger partial charge in [-0.2, -0.15) is 0 Å². The first-order valence-electron chi connectivity index (χ1n) is 6.39. The van der Waals surface area contributed by atoms with Crippen molar-refractivity contribution in [3.8, 4) is 0 Å². The summed E-state index contributed by atoms with van der Waals surface area (Å²) in [6.07, 6.45) is -0.903. The average Bonchev–Trinajstić information content (AvgIpc) is 2.45. The van der Waals surface area contributed by atoms with Gasteiger partial charge in [-0.25, -0.2) is 13.1 Å². The first kappa shape index (κ1) is 16.0. The van der Waals surface area contributed by atoms with Crippen LogP contribution in [0.5, 0.6) is 0 Å². The Bertz CT molecular complexity index is 731. The molecule has 0 heterocycles. The third-order valence-corrected chi connectivity index (χ3v) is 4.78. The largest absolute Gasteiger partial charge is 0.387 e. The Morgan fingerprint density at radius 1 is 1.19 bits per heavy atom. The van der Waals surface area contributed by atoms with Crippen LogP contribution in [-0.4, -0.2) is 20.1 Å². The highest BCUT2D eigenvalue weighted by Gasteiger charge is 2.17. The van der Waals surface area contributed by atoms with Crippen molar-refractivity contribution in [1.82, 2.24) is 4.72 Å². The van der Waals surface area contributed by atoms with E-state index < -0.39 is 16.1 Å². The molecule has 6 heteroatoms. The van der Waals surface area contributed by atoms with Crippen LogP contribution in [0.1, 0.15) is 17.2 Å². The Morgan fingerprint density at radius 2 is 1.90 bits per heavy atom. The van der Waals surface area contributed by atoms with Crippen LogP contribution in [0, 0.1) is 6.92 Å². The molecule has 1 atom stereocenters. The van der Waals surface area contributed by atoms with E-state index in [1.807, 2.05) is 19.1 Å². The van der Waals surface area contributed by atoms with Gasteiger partial charge in [0, 0.05) is 11.6 Å². The molecular weight excluding hydrogens is 310 g/mol. The van der Waals surface area contributed by atoms with Crippen LogP contribution >= 0.6 is 11.6 Å². The number of halogens is 1. The van der Waals surface area contributed by atoms with E-state index in [9.17, 15) is 13.5 Å². The van der Waals surface area contributed by atoms with Crippen molar-refractivity contribution in [2.45, 2.75) is 17.9 Å². The highest BCUT2D eigenvalue weighted by molar-refractivity contribution is 7.89. The molecule has 0 fully saturated rings. The van der Waals surface area contributed by atoms with Crippen LogP contribution in [0.15, 0.2) is 53.4 Å². The quantitative estimate of drug-likeness (QED) is 0.888. The number of sulfonamides is 1. The maximum Gasteiger partial charge on any atom is 0.240 e. The summed E-state index contributed by atoms with van der Waals surface area (Å²) in [7, 11) is -3.69. The summed E-state index contributed by atoms with van der Waals surface area (Å²) in [4.78, 5) is 0.0759. The normalized spacial score (nSPS) is 13.1. The van der Waals surface area contributed by atoms with Crippen molar-refractivity contribution >= 4 is 21.6 Å². The minimum atomic E-state index is -3.69. The second-order valence-corrected chi connectivity index (χ2v) is 6.89. The molecule has 2 N–H and O–H groups in total. The Balaban J connectivity index is 2.10. The van der Waals surface area contributed by atoms with Crippen molar-refractivity contribution in [2.75, 3.05) is 6.54 Å². The number of hydrogen-bond donors (Lipinski definition) is 2. The van der Waals surface area contributed by atoms with Crippen LogP contribution in [0.3, 0.4) is 0 Å². The second-order valence-electron chi connectivity index (χ2n) is 4.68. The summed E-state index contributed by atoms with van der Waals surface area (Å²) in [6.45, 7) is 1.77. The van der Waals surface area contributed by atoms with E-state index in [0.29, 0.717) is 10.6 Å². The highest BCUT2D eigenvalue weighted by Crippen LogP contribution is 2.18. The second kappa shape index (κ2) is 6.58. The fourth-order valence-corrected chi connectivity index (χ4v) is 3.32. The molecule has 0 aliphatic heterocycles. The van der Waals surface area contributed by atoms with Gasteiger partial charge in [0.2, 0.25) is 10.0 Å². The lowest BCUT2D eigenvalue weighted by Crippen LogP contribution is -2.28. The van der Waals surface area contributed by atoms with Crippen molar-refractivity contribution in [3.05, 3.63) is 64.7 Å². The van der Waals surface area contributed by atoms with Gasteiger partial charge in [-0.15, -0.1) is 0 Å². The van der Waals surface area contributed by atoms with Gasteiger partial charge in [0.25, 0.3) is 0 Å². The van der Waals surface area contributed by atoms with Gasteiger partial charge in [0.15, 0.2) is 0 Å². The molecule has 0 saturated heterocycles. The Labute approximate surface area is 129 Å². The molecule has 0 spiro atoms. The fraction of sp³-hybridized carbons (Fsp3) is 0.200. The molecule has 0 aromatic heterocycles. The fourth-order valence-electron chi connectivity index (χ4n) is 1.98. The molecule has 0 aliphatic rings. The van der Waals surface area contributed by atoms with Crippen LogP contribution in [-0.2, 0) is 10.0 Å². The van der Waals surface area contributed by atoms with E-state index in [4.69, 9.17) is 11.6 Å². The van der Waals surface area contributed by atoms with Crippen molar-refractivity contribution in [3.63, 3.8) is 0 Å². The van der Waals surface area contributed by atoms with E-state index in [1.165, 1.54) is 12.1 Å². The van der Waals surface area contributed by atoms with Crippen molar-refractivity contribution in [2.24, 2.45) is 0 Å². The molecule has 0 saturated carbocycles. The summed E-state index contributed by atoms with van der Waals surface area (Å²) >= 11 is 5.79. The maximum absolute atomic E-state index is 12.1. The van der Waals surface area contributed by atoms with E-state index in [2.05, 4.69) is 4.72 Å². The molecule has 2 aromatic carbocycles. The highest BCUT2D eigenvalue weighted by atomic mass is 35.5. The molecule has 2 rings (SSSR count). The molecule has 2 aromatic rings. The summed E-state index contributed by atoms with van der Waals surface area (Å²) in [5.41, 5.74) is 1.61.